The van der Waals surface area contributed by atoms with Crippen molar-refractivity contribution in [3.05, 3.63) is 34.6 Å². The zero-order valence-electron chi connectivity index (χ0n) is 9.46. The van der Waals surface area contributed by atoms with Crippen LogP contribution < -0.4 is 11.1 Å². The highest BCUT2D eigenvalue weighted by Crippen LogP contribution is 2.29. The molecule has 0 radical (unpaired) electrons. The number of nitrogens with two attached hydrogens (primary N) is 1. The van der Waals surface area contributed by atoms with Crippen LogP contribution in [0.4, 0.5) is 4.39 Å². The molecule has 1 fully saturated rings. The van der Waals surface area contributed by atoms with E-state index in [1.165, 1.54) is 6.07 Å². The molecule has 2 nitrogen and oxygen atoms in total. The lowest BCUT2D eigenvalue weighted by Crippen LogP contribution is -2.34. The second-order valence-electron chi connectivity index (χ2n) is 4.28. The number of hydrogen-bond acceptors (Lipinski definition) is 2. The van der Waals surface area contributed by atoms with E-state index in [-0.39, 0.29) is 24.3 Å². The van der Waals surface area contributed by atoms with Crippen molar-refractivity contribution in [1.82, 2.24) is 5.32 Å². The summed E-state index contributed by atoms with van der Waals surface area (Å²) in [6.07, 6.45) is 1.99. The summed E-state index contributed by atoms with van der Waals surface area (Å²) in [5, 5.41) is 3.81. The van der Waals surface area contributed by atoms with Crippen LogP contribution >= 0.6 is 24.0 Å². The molecule has 1 heterocycles. The van der Waals surface area contributed by atoms with Crippen molar-refractivity contribution in [1.29, 1.82) is 0 Å². The number of halogens is 3. The third kappa shape index (κ3) is 3.55. The van der Waals surface area contributed by atoms with Crippen molar-refractivity contribution in [2.45, 2.75) is 18.9 Å². The van der Waals surface area contributed by atoms with Crippen LogP contribution in [0, 0.1) is 11.7 Å². The smallest absolute Gasteiger partial charge is 0.128 e. The molecule has 0 aliphatic carbocycles. The third-order valence-electron chi connectivity index (χ3n) is 3.21. The Balaban J connectivity index is 0.00000144. The van der Waals surface area contributed by atoms with Crippen LogP contribution in [0.2, 0.25) is 5.02 Å². The predicted octanol–water partition coefficient (Wildman–Crippen LogP) is 2.90. The lowest BCUT2D eigenvalue weighted by molar-refractivity contribution is 0.317. The standard InChI is InChI=1S/C12H16ClFN2.ClH/c13-9-1-2-11(14)10(7-9)12(15)8-3-5-16-6-4-8;/h1-2,7-8,12,16H,3-6,15H2;1H/t12-;/m1./s1. The Morgan fingerprint density at radius 1 is 1.35 bits per heavy atom. The molecule has 1 saturated heterocycles. The summed E-state index contributed by atoms with van der Waals surface area (Å²) >= 11 is 5.87. The van der Waals surface area contributed by atoms with Crippen molar-refractivity contribution < 1.29 is 4.39 Å². The highest BCUT2D eigenvalue weighted by Gasteiger charge is 2.23. The fourth-order valence-electron chi connectivity index (χ4n) is 2.23. The van der Waals surface area contributed by atoms with Gasteiger partial charge in [0.15, 0.2) is 0 Å². The summed E-state index contributed by atoms with van der Waals surface area (Å²) in [4.78, 5) is 0. The van der Waals surface area contributed by atoms with Gasteiger partial charge in [-0.15, -0.1) is 12.4 Å². The molecule has 5 heteroatoms. The van der Waals surface area contributed by atoms with Gasteiger partial charge in [0.1, 0.15) is 5.82 Å². The van der Waals surface area contributed by atoms with E-state index in [9.17, 15) is 4.39 Å². The van der Waals surface area contributed by atoms with Gasteiger partial charge < -0.3 is 11.1 Å². The number of piperidine rings is 1. The van der Waals surface area contributed by atoms with Crippen LogP contribution in [0.1, 0.15) is 24.4 Å². The highest BCUT2D eigenvalue weighted by molar-refractivity contribution is 6.30. The molecule has 0 spiro atoms. The Bertz CT molecular complexity index is 368. The molecule has 17 heavy (non-hydrogen) atoms. The van der Waals surface area contributed by atoms with E-state index < -0.39 is 0 Å². The number of benzene rings is 1. The Kier molecular flexibility index (Phi) is 5.67. The zero-order valence-corrected chi connectivity index (χ0v) is 11.0. The van der Waals surface area contributed by atoms with Crippen molar-refractivity contribution in [3.63, 3.8) is 0 Å². The van der Waals surface area contributed by atoms with Gasteiger partial charge in [-0.25, -0.2) is 4.39 Å². The largest absolute Gasteiger partial charge is 0.324 e. The summed E-state index contributed by atoms with van der Waals surface area (Å²) in [5.41, 5.74) is 6.65. The summed E-state index contributed by atoms with van der Waals surface area (Å²) < 4.78 is 13.6. The summed E-state index contributed by atoms with van der Waals surface area (Å²) in [6.45, 7) is 1.92. The van der Waals surface area contributed by atoms with E-state index in [4.69, 9.17) is 17.3 Å². The fourth-order valence-corrected chi connectivity index (χ4v) is 2.41. The van der Waals surface area contributed by atoms with Crippen molar-refractivity contribution in [2.24, 2.45) is 11.7 Å². The minimum atomic E-state index is -0.254. The molecular weight excluding hydrogens is 262 g/mol. The minimum Gasteiger partial charge on any atom is -0.324 e. The van der Waals surface area contributed by atoms with Crippen molar-refractivity contribution in [2.75, 3.05) is 13.1 Å². The Morgan fingerprint density at radius 2 is 2.00 bits per heavy atom. The topological polar surface area (TPSA) is 38.0 Å². The van der Waals surface area contributed by atoms with Gasteiger partial charge in [-0.3, -0.25) is 0 Å². The summed E-state index contributed by atoms with van der Waals surface area (Å²) in [6, 6.07) is 4.33. The summed E-state index contributed by atoms with van der Waals surface area (Å²) in [7, 11) is 0. The van der Waals surface area contributed by atoms with E-state index >= 15 is 0 Å². The third-order valence-corrected chi connectivity index (χ3v) is 3.44. The van der Waals surface area contributed by atoms with Crippen LogP contribution in [-0.2, 0) is 0 Å². The first-order valence-electron chi connectivity index (χ1n) is 5.59. The fraction of sp³-hybridized carbons (Fsp3) is 0.500. The van der Waals surface area contributed by atoms with Gasteiger partial charge >= 0.3 is 0 Å². The molecule has 1 atom stereocenters. The van der Waals surface area contributed by atoms with Gasteiger partial charge in [0, 0.05) is 16.6 Å². The maximum Gasteiger partial charge on any atom is 0.128 e. The van der Waals surface area contributed by atoms with E-state index in [0.29, 0.717) is 16.5 Å². The van der Waals surface area contributed by atoms with Crippen molar-refractivity contribution >= 4 is 24.0 Å². The second kappa shape index (κ2) is 6.55. The SMILES string of the molecule is Cl.N[C@@H](c1cc(Cl)ccc1F)C1CCNCC1. The molecule has 2 rings (SSSR count). The van der Waals surface area contributed by atoms with E-state index in [0.717, 1.165) is 25.9 Å². The average Bonchev–Trinajstić information content (AvgIpc) is 2.32. The van der Waals surface area contributed by atoms with Gasteiger partial charge in [-0.1, -0.05) is 11.6 Å². The van der Waals surface area contributed by atoms with Gasteiger partial charge in [0.25, 0.3) is 0 Å². The van der Waals surface area contributed by atoms with E-state index in [1.807, 2.05) is 0 Å². The Hall–Kier alpha value is -0.350. The van der Waals surface area contributed by atoms with Gasteiger partial charge in [0.2, 0.25) is 0 Å². The highest BCUT2D eigenvalue weighted by atomic mass is 35.5. The molecule has 96 valence electrons. The van der Waals surface area contributed by atoms with Gasteiger partial charge in [-0.2, -0.15) is 0 Å². The predicted molar refractivity (Wildman–Crippen MR) is 71.2 cm³/mol. The number of rotatable bonds is 2. The second-order valence-corrected chi connectivity index (χ2v) is 4.72. The van der Waals surface area contributed by atoms with Crippen LogP contribution in [0.5, 0.6) is 0 Å². The van der Waals surface area contributed by atoms with Crippen LogP contribution in [0.25, 0.3) is 0 Å². The van der Waals surface area contributed by atoms with Crippen LogP contribution in [-0.4, -0.2) is 13.1 Å². The quantitative estimate of drug-likeness (QED) is 0.873. The molecule has 0 bridgehead atoms. The molecule has 0 aromatic heterocycles. The molecule has 0 unspecified atom stereocenters. The van der Waals surface area contributed by atoms with Crippen LogP contribution in [0.15, 0.2) is 18.2 Å². The molecule has 3 N–H and O–H groups in total. The first-order valence-corrected chi connectivity index (χ1v) is 5.97. The van der Waals surface area contributed by atoms with Gasteiger partial charge in [0.05, 0.1) is 0 Å². The molecule has 1 aliphatic rings. The first kappa shape index (κ1) is 14.7. The molecular formula is C12H17Cl2FN2. The minimum absolute atomic E-state index is 0. The maximum atomic E-state index is 13.6. The summed E-state index contributed by atoms with van der Waals surface area (Å²) in [5.74, 6) is 0.0876. The maximum absolute atomic E-state index is 13.6. The van der Waals surface area contributed by atoms with Crippen LogP contribution in [0.3, 0.4) is 0 Å². The lowest BCUT2D eigenvalue weighted by atomic mass is 9.86. The number of hydrogen-bond donors (Lipinski definition) is 2. The number of nitrogens with one attached hydrogen (secondary N) is 1. The molecule has 1 aromatic carbocycles. The molecule has 0 amide bonds. The zero-order chi connectivity index (χ0) is 11.5. The normalized spacial score (nSPS) is 18.5. The van der Waals surface area contributed by atoms with E-state index in [2.05, 4.69) is 5.32 Å². The van der Waals surface area contributed by atoms with Crippen molar-refractivity contribution in [3.8, 4) is 0 Å². The average molecular weight is 279 g/mol. The monoisotopic (exact) mass is 278 g/mol. The molecule has 1 aliphatic heterocycles. The molecule has 1 aromatic rings. The first-order chi connectivity index (χ1) is 7.68. The Labute approximate surface area is 112 Å². The van der Waals surface area contributed by atoms with E-state index in [1.54, 1.807) is 12.1 Å². The Morgan fingerprint density at radius 3 is 2.65 bits per heavy atom. The lowest BCUT2D eigenvalue weighted by Gasteiger charge is -2.28. The van der Waals surface area contributed by atoms with Gasteiger partial charge in [-0.05, 0) is 50.0 Å². The molecule has 0 saturated carbocycles.